The van der Waals surface area contributed by atoms with Gasteiger partial charge in [0.1, 0.15) is 5.75 Å². The third-order valence-corrected chi connectivity index (χ3v) is 5.22. The SMILES string of the molecule is CN1c2c(O)cccc2C(N)C2CSCCC21. The third kappa shape index (κ3) is 1.62. The van der Waals surface area contributed by atoms with Crippen LogP contribution in [0.2, 0.25) is 0 Å². The van der Waals surface area contributed by atoms with E-state index in [9.17, 15) is 5.11 Å². The molecule has 2 heterocycles. The molecule has 4 heteroatoms. The van der Waals surface area contributed by atoms with E-state index in [0.717, 1.165) is 23.4 Å². The fourth-order valence-electron chi connectivity index (χ4n) is 3.17. The maximum atomic E-state index is 10.0. The van der Waals surface area contributed by atoms with Gasteiger partial charge in [0.25, 0.3) is 0 Å². The van der Waals surface area contributed by atoms with E-state index in [1.54, 1.807) is 6.07 Å². The Kier molecular flexibility index (Phi) is 2.71. The Bertz CT molecular complexity index is 437. The number of hydrogen-bond acceptors (Lipinski definition) is 4. The summed E-state index contributed by atoms with van der Waals surface area (Å²) in [5.41, 5.74) is 8.41. The number of nitrogens with two attached hydrogens (primary N) is 1. The monoisotopic (exact) mass is 250 g/mol. The van der Waals surface area contributed by atoms with E-state index >= 15 is 0 Å². The van der Waals surface area contributed by atoms with Crippen LogP contribution in [0.15, 0.2) is 18.2 Å². The molecule has 3 rings (SSSR count). The van der Waals surface area contributed by atoms with Gasteiger partial charge >= 0.3 is 0 Å². The number of fused-ring (bicyclic) bond motifs is 2. The van der Waals surface area contributed by atoms with E-state index in [-0.39, 0.29) is 6.04 Å². The molecule has 0 aromatic heterocycles. The first-order valence-corrected chi connectivity index (χ1v) is 7.23. The normalized spacial score (nSPS) is 31.9. The van der Waals surface area contributed by atoms with Crippen LogP contribution >= 0.6 is 11.8 Å². The van der Waals surface area contributed by atoms with Crippen molar-refractivity contribution in [1.29, 1.82) is 0 Å². The lowest BCUT2D eigenvalue weighted by atomic mass is 9.81. The minimum atomic E-state index is 0.0612. The highest BCUT2D eigenvalue weighted by Gasteiger charge is 2.40. The second kappa shape index (κ2) is 4.10. The Hall–Kier alpha value is -0.870. The van der Waals surface area contributed by atoms with E-state index in [1.165, 1.54) is 5.75 Å². The number of nitrogens with zero attached hydrogens (tertiary/aromatic N) is 1. The molecular weight excluding hydrogens is 232 g/mol. The quantitative estimate of drug-likeness (QED) is 0.739. The number of aromatic hydroxyl groups is 1. The highest BCUT2D eigenvalue weighted by atomic mass is 32.2. The van der Waals surface area contributed by atoms with E-state index < -0.39 is 0 Å². The van der Waals surface area contributed by atoms with E-state index in [0.29, 0.717) is 17.7 Å². The number of para-hydroxylation sites is 1. The largest absolute Gasteiger partial charge is 0.506 e. The number of thioether (sulfide) groups is 1. The molecule has 92 valence electrons. The van der Waals surface area contributed by atoms with Crippen molar-refractivity contribution in [3.8, 4) is 5.75 Å². The first kappa shape index (κ1) is 11.2. The van der Waals surface area contributed by atoms with Gasteiger partial charge in [-0.05, 0) is 29.6 Å². The summed E-state index contributed by atoms with van der Waals surface area (Å²) in [5.74, 6) is 3.19. The topological polar surface area (TPSA) is 49.5 Å². The predicted molar refractivity (Wildman–Crippen MR) is 72.7 cm³/mol. The lowest BCUT2D eigenvalue weighted by Gasteiger charge is -2.47. The zero-order valence-corrected chi connectivity index (χ0v) is 10.8. The minimum Gasteiger partial charge on any atom is -0.506 e. The molecule has 0 bridgehead atoms. The maximum Gasteiger partial charge on any atom is 0.139 e. The van der Waals surface area contributed by atoms with Gasteiger partial charge in [0.2, 0.25) is 0 Å². The molecule has 1 aromatic carbocycles. The number of hydrogen-bond donors (Lipinski definition) is 2. The van der Waals surface area contributed by atoms with Crippen LogP contribution in [0.25, 0.3) is 0 Å². The van der Waals surface area contributed by atoms with Crippen LogP contribution < -0.4 is 10.6 Å². The molecule has 0 saturated carbocycles. The summed E-state index contributed by atoms with van der Waals surface area (Å²) in [6, 6.07) is 6.22. The Labute approximate surface area is 106 Å². The molecule has 1 saturated heterocycles. The molecule has 3 N–H and O–H groups in total. The molecule has 2 aliphatic heterocycles. The summed E-state index contributed by atoms with van der Waals surface area (Å²) >= 11 is 2.00. The molecule has 2 aliphatic rings. The zero-order chi connectivity index (χ0) is 12.0. The second-order valence-electron chi connectivity index (χ2n) is 4.95. The van der Waals surface area contributed by atoms with Crippen molar-refractivity contribution in [3.05, 3.63) is 23.8 Å². The fourth-order valence-corrected chi connectivity index (χ4v) is 4.45. The number of phenolic OH excluding ortho intramolecular Hbond substituents is 1. The first-order chi connectivity index (χ1) is 8.20. The van der Waals surface area contributed by atoms with Crippen LogP contribution in [0.5, 0.6) is 5.75 Å². The Balaban J connectivity index is 2.10. The molecular formula is C13H18N2OS. The van der Waals surface area contributed by atoms with Gasteiger partial charge in [-0.25, -0.2) is 0 Å². The molecule has 17 heavy (non-hydrogen) atoms. The summed E-state index contributed by atoms with van der Waals surface area (Å²) in [7, 11) is 2.08. The van der Waals surface area contributed by atoms with Crippen molar-refractivity contribution >= 4 is 17.4 Å². The number of rotatable bonds is 0. The first-order valence-electron chi connectivity index (χ1n) is 6.08. The van der Waals surface area contributed by atoms with Crippen LogP contribution in [-0.4, -0.2) is 29.7 Å². The van der Waals surface area contributed by atoms with Gasteiger partial charge in [-0.2, -0.15) is 11.8 Å². The van der Waals surface area contributed by atoms with E-state index in [1.807, 2.05) is 23.9 Å². The number of benzene rings is 1. The predicted octanol–water partition coefficient (Wildman–Crippen LogP) is 1.96. The lowest BCUT2D eigenvalue weighted by Crippen LogP contribution is -2.50. The molecule has 3 nitrogen and oxygen atoms in total. The minimum absolute atomic E-state index is 0.0612. The van der Waals surface area contributed by atoms with Crippen molar-refractivity contribution in [3.63, 3.8) is 0 Å². The van der Waals surface area contributed by atoms with Gasteiger partial charge in [0.05, 0.1) is 5.69 Å². The summed E-state index contributed by atoms with van der Waals surface area (Å²) in [4.78, 5) is 2.23. The number of phenols is 1. The second-order valence-corrected chi connectivity index (χ2v) is 6.10. The number of anilines is 1. The zero-order valence-electron chi connectivity index (χ0n) is 9.97. The van der Waals surface area contributed by atoms with Gasteiger partial charge in [-0.15, -0.1) is 0 Å². The van der Waals surface area contributed by atoms with Gasteiger partial charge in [0.15, 0.2) is 0 Å². The highest BCUT2D eigenvalue weighted by Crippen LogP contribution is 2.46. The van der Waals surface area contributed by atoms with Crippen molar-refractivity contribution in [2.24, 2.45) is 11.7 Å². The van der Waals surface area contributed by atoms with Crippen molar-refractivity contribution in [2.75, 3.05) is 23.5 Å². The van der Waals surface area contributed by atoms with Crippen LogP contribution in [0.1, 0.15) is 18.0 Å². The van der Waals surface area contributed by atoms with Gasteiger partial charge in [-0.1, -0.05) is 12.1 Å². The standard InChI is InChI=1S/C13H18N2OS/c1-15-10-5-6-17-7-9(10)12(14)8-3-2-4-11(16)13(8)15/h2-4,9-10,12,16H,5-7,14H2,1H3. The smallest absolute Gasteiger partial charge is 0.139 e. The fraction of sp³-hybridized carbons (Fsp3) is 0.538. The Morgan fingerprint density at radius 3 is 3.12 bits per heavy atom. The van der Waals surface area contributed by atoms with E-state index in [4.69, 9.17) is 5.73 Å². The van der Waals surface area contributed by atoms with Crippen LogP contribution in [0.4, 0.5) is 5.69 Å². The van der Waals surface area contributed by atoms with Gasteiger partial charge in [0, 0.05) is 25.0 Å². The maximum absolute atomic E-state index is 10.0. The Morgan fingerprint density at radius 1 is 1.47 bits per heavy atom. The summed E-state index contributed by atoms with van der Waals surface area (Å²) in [6.45, 7) is 0. The lowest BCUT2D eigenvalue weighted by molar-refractivity contribution is 0.341. The summed E-state index contributed by atoms with van der Waals surface area (Å²) < 4.78 is 0. The van der Waals surface area contributed by atoms with Crippen LogP contribution in [-0.2, 0) is 0 Å². The molecule has 1 aromatic rings. The molecule has 0 aliphatic carbocycles. The van der Waals surface area contributed by atoms with Crippen molar-refractivity contribution in [2.45, 2.75) is 18.5 Å². The molecule has 3 atom stereocenters. The van der Waals surface area contributed by atoms with Crippen LogP contribution in [0, 0.1) is 5.92 Å². The van der Waals surface area contributed by atoms with E-state index in [2.05, 4.69) is 11.9 Å². The van der Waals surface area contributed by atoms with Crippen molar-refractivity contribution < 1.29 is 5.11 Å². The summed E-state index contributed by atoms with van der Waals surface area (Å²) in [5, 5.41) is 10.0. The third-order valence-electron chi connectivity index (χ3n) is 4.08. The summed E-state index contributed by atoms with van der Waals surface area (Å²) in [6.07, 6.45) is 1.16. The van der Waals surface area contributed by atoms with Gasteiger partial charge in [-0.3, -0.25) is 0 Å². The molecule has 0 spiro atoms. The van der Waals surface area contributed by atoms with Gasteiger partial charge < -0.3 is 15.7 Å². The molecule has 1 fully saturated rings. The molecule has 0 radical (unpaired) electrons. The average Bonchev–Trinajstić information content (AvgIpc) is 2.36. The highest BCUT2D eigenvalue weighted by molar-refractivity contribution is 7.99. The molecule has 0 amide bonds. The average molecular weight is 250 g/mol. The molecule has 3 unspecified atom stereocenters. The van der Waals surface area contributed by atoms with Crippen LogP contribution in [0.3, 0.4) is 0 Å². The Morgan fingerprint density at radius 2 is 2.29 bits per heavy atom. The van der Waals surface area contributed by atoms with Crippen molar-refractivity contribution in [1.82, 2.24) is 0 Å².